The molecule has 1 nitrogen and oxygen atoms in total. The van der Waals surface area contributed by atoms with Gasteiger partial charge in [0.1, 0.15) is 0 Å². The molecule has 1 heteroatoms. The number of aliphatic hydroxyl groups is 1. The molecule has 0 amide bonds. The standard InChI is InChI=1S/C10H20O/c1-3-4-5-7-10(2)8-6-9-11/h8,11H,3-7,9H2,1-2H3. The first-order chi connectivity index (χ1) is 5.31. The summed E-state index contributed by atoms with van der Waals surface area (Å²) < 4.78 is 0. The van der Waals surface area contributed by atoms with Crippen LogP contribution in [0.4, 0.5) is 0 Å². The van der Waals surface area contributed by atoms with Crippen LogP contribution in [-0.4, -0.2) is 11.7 Å². The van der Waals surface area contributed by atoms with E-state index in [4.69, 9.17) is 5.11 Å². The summed E-state index contributed by atoms with van der Waals surface area (Å²) >= 11 is 0. The Morgan fingerprint density at radius 3 is 2.64 bits per heavy atom. The van der Waals surface area contributed by atoms with Gasteiger partial charge in [0, 0.05) is 6.61 Å². The molecule has 0 aromatic rings. The van der Waals surface area contributed by atoms with Crippen LogP contribution in [0.5, 0.6) is 0 Å². The van der Waals surface area contributed by atoms with Crippen molar-refractivity contribution in [1.29, 1.82) is 0 Å². The number of hydrogen-bond donors (Lipinski definition) is 1. The smallest absolute Gasteiger partial charge is 0.0465 e. The van der Waals surface area contributed by atoms with Crippen molar-refractivity contribution >= 4 is 0 Å². The Labute approximate surface area is 70.1 Å². The molecule has 0 saturated carbocycles. The monoisotopic (exact) mass is 156 g/mol. The largest absolute Gasteiger partial charge is 0.396 e. The van der Waals surface area contributed by atoms with Crippen molar-refractivity contribution in [2.75, 3.05) is 6.61 Å². The van der Waals surface area contributed by atoms with Gasteiger partial charge in [0.05, 0.1) is 0 Å². The Balaban J connectivity index is 3.27. The van der Waals surface area contributed by atoms with E-state index < -0.39 is 0 Å². The molecule has 0 aromatic heterocycles. The summed E-state index contributed by atoms with van der Waals surface area (Å²) in [5, 5.41) is 8.54. The number of aliphatic hydroxyl groups excluding tert-OH is 1. The maximum absolute atomic E-state index is 8.54. The van der Waals surface area contributed by atoms with Crippen molar-refractivity contribution in [2.45, 2.75) is 46.0 Å². The van der Waals surface area contributed by atoms with Gasteiger partial charge in [0.15, 0.2) is 0 Å². The third kappa shape index (κ3) is 7.60. The van der Waals surface area contributed by atoms with Gasteiger partial charge in [-0.2, -0.15) is 0 Å². The van der Waals surface area contributed by atoms with E-state index in [1.807, 2.05) is 0 Å². The van der Waals surface area contributed by atoms with Gasteiger partial charge in [-0.15, -0.1) is 0 Å². The zero-order valence-corrected chi connectivity index (χ0v) is 7.77. The summed E-state index contributed by atoms with van der Waals surface area (Å²) in [4.78, 5) is 0. The van der Waals surface area contributed by atoms with Gasteiger partial charge < -0.3 is 5.11 Å². The second-order valence-corrected chi connectivity index (χ2v) is 3.02. The molecule has 0 aliphatic rings. The number of allylic oxidation sites excluding steroid dienone is 1. The van der Waals surface area contributed by atoms with Crippen LogP contribution in [0.1, 0.15) is 46.0 Å². The van der Waals surface area contributed by atoms with E-state index in [0.29, 0.717) is 0 Å². The Hall–Kier alpha value is -0.300. The molecule has 0 saturated heterocycles. The second kappa shape index (κ2) is 7.80. The van der Waals surface area contributed by atoms with Gasteiger partial charge in [0.25, 0.3) is 0 Å². The molecular formula is C10H20O. The van der Waals surface area contributed by atoms with Crippen molar-refractivity contribution in [3.8, 4) is 0 Å². The van der Waals surface area contributed by atoms with E-state index >= 15 is 0 Å². The van der Waals surface area contributed by atoms with E-state index in [0.717, 1.165) is 6.42 Å². The topological polar surface area (TPSA) is 20.2 Å². The van der Waals surface area contributed by atoms with Crippen LogP contribution in [0.25, 0.3) is 0 Å². The van der Waals surface area contributed by atoms with Crippen LogP contribution in [-0.2, 0) is 0 Å². The third-order valence-electron chi connectivity index (χ3n) is 1.80. The van der Waals surface area contributed by atoms with Crippen molar-refractivity contribution in [1.82, 2.24) is 0 Å². The molecular weight excluding hydrogens is 136 g/mol. The maximum Gasteiger partial charge on any atom is 0.0465 e. The molecule has 0 aliphatic heterocycles. The molecule has 11 heavy (non-hydrogen) atoms. The molecule has 0 rings (SSSR count). The summed E-state index contributed by atoms with van der Waals surface area (Å²) in [7, 11) is 0. The van der Waals surface area contributed by atoms with Gasteiger partial charge in [-0.1, -0.05) is 31.4 Å². The van der Waals surface area contributed by atoms with E-state index in [-0.39, 0.29) is 6.61 Å². The van der Waals surface area contributed by atoms with Gasteiger partial charge in [-0.3, -0.25) is 0 Å². The minimum absolute atomic E-state index is 0.283. The van der Waals surface area contributed by atoms with Gasteiger partial charge in [-0.05, 0) is 26.2 Å². The van der Waals surface area contributed by atoms with E-state index in [2.05, 4.69) is 19.9 Å². The summed E-state index contributed by atoms with van der Waals surface area (Å²) in [6.45, 7) is 4.64. The van der Waals surface area contributed by atoms with Crippen LogP contribution in [0.2, 0.25) is 0 Å². The lowest BCUT2D eigenvalue weighted by Gasteiger charge is -1.98. The highest BCUT2D eigenvalue weighted by molar-refractivity contribution is 4.97. The third-order valence-corrected chi connectivity index (χ3v) is 1.80. The molecule has 0 fully saturated rings. The predicted molar refractivity (Wildman–Crippen MR) is 49.6 cm³/mol. The average molecular weight is 156 g/mol. The Morgan fingerprint density at radius 1 is 1.36 bits per heavy atom. The van der Waals surface area contributed by atoms with Gasteiger partial charge in [0.2, 0.25) is 0 Å². The van der Waals surface area contributed by atoms with Crippen LogP contribution in [0.15, 0.2) is 11.6 Å². The Bertz CT molecular complexity index is 105. The normalized spacial score (nSPS) is 12.1. The molecule has 0 spiro atoms. The first-order valence-electron chi connectivity index (χ1n) is 4.57. The van der Waals surface area contributed by atoms with Crippen molar-refractivity contribution in [2.24, 2.45) is 0 Å². The van der Waals surface area contributed by atoms with Crippen LogP contribution < -0.4 is 0 Å². The van der Waals surface area contributed by atoms with Crippen LogP contribution >= 0.6 is 0 Å². The molecule has 66 valence electrons. The molecule has 0 atom stereocenters. The van der Waals surface area contributed by atoms with Crippen molar-refractivity contribution in [3.63, 3.8) is 0 Å². The Kier molecular flexibility index (Phi) is 7.59. The zero-order chi connectivity index (χ0) is 8.53. The highest BCUT2D eigenvalue weighted by Crippen LogP contribution is 2.08. The minimum Gasteiger partial charge on any atom is -0.396 e. The van der Waals surface area contributed by atoms with Crippen LogP contribution in [0.3, 0.4) is 0 Å². The molecule has 0 radical (unpaired) electrons. The molecule has 1 N–H and O–H groups in total. The first-order valence-corrected chi connectivity index (χ1v) is 4.57. The average Bonchev–Trinajstić information content (AvgIpc) is 2.01. The van der Waals surface area contributed by atoms with E-state index in [1.54, 1.807) is 0 Å². The summed E-state index contributed by atoms with van der Waals surface area (Å²) in [6.07, 6.45) is 8.06. The fourth-order valence-corrected chi connectivity index (χ4v) is 1.07. The lowest BCUT2D eigenvalue weighted by molar-refractivity contribution is 0.302. The fraction of sp³-hybridized carbons (Fsp3) is 0.800. The highest BCUT2D eigenvalue weighted by Gasteiger charge is 1.89. The Morgan fingerprint density at radius 2 is 2.09 bits per heavy atom. The summed E-state index contributed by atoms with van der Waals surface area (Å²) in [5.74, 6) is 0. The maximum atomic E-state index is 8.54. The van der Waals surface area contributed by atoms with Crippen molar-refractivity contribution in [3.05, 3.63) is 11.6 Å². The number of rotatable bonds is 6. The molecule has 0 heterocycles. The molecule has 0 unspecified atom stereocenters. The predicted octanol–water partition coefficient (Wildman–Crippen LogP) is 2.90. The lowest BCUT2D eigenvalue weighted by atomic mass is 10.1. The first kappa shape index (κ1) is 10.7. The van der Waals surface area contributed by atoms with Gasteiger partial charge >= 0.3 is 0 Å². The number of unbranched alkanes of at least 4 members (excludes halogenated alkanes) is 2. The second-order valence-electron chi connectivity index (χ2n) is 3.02. The van der Waals surface area contributed by atoms with Crippen molar-refractivity contribution < 1.29 is 5.11 Å². The highest BCUT2D eigenvalue weighted by atomic mass is 16.2. The molecule has 0 bridgehead atoms. The zero-order valence-electron chi connectivity index (χ0n) is 7.77. The molecule has 0 aromatic carbocycles. The fourth-order valence-electron chi connectivity index (χ4n) is 1.07. The summed E-state index contributed by atoms with van der Waals surface area (Å²) in [6, 6.07) is 0. The minimum atomic E-state index is 0.283. The van der Waals surface area contributed by atoms with Gasteiger partial charge in [-0.25, -0.2) is 0 Å². The van der Waals surface area contributed by atoms with E-state index in [9.17, 15) is 0 Å². The summed E-state index contributed by atoms with van der Waals surface area (Å²) in [5.41, 5.74) is 1.42. The molecule has 0 aliphatic carbocycles. The SMILES string of the molecule is CCCCCC(C)=CCCO. The quantitative estimate of drug-likeness (QED) is 0.463. The lowest BCUT2D eigenvalue weighted by Crippen LogP contribution is -1.82. The number of hydrogen-bond acceptors (Lipinski definition) is 1. The van der Waals surface area contributed by atoms with E-state index in [1.165, 1.54) is 31.3 Å². The van der Waals surface area contributed by atoms with Crippen LogP contribution in [0, 0.1) is 0 Å².